The van der Waals surface area contributed by atoms with Crippen molar-refractivity contribution in [2.24, 2.45) is 0 Å². The first kappa shape index (κ1) is 18.9. The normalized spacial score (nSPS) is 11.8. The zero-order chi connectivity index (χ0) is 18.6. The Labute approximate surface area is 147 Å². The number of rotatable bonds is 6. The quantitative estimate of drug-likeness (QED) is 0.437. The number of thioether (sulfide) groups is 1. The van der Waals surface area contributed by atoms with Crippen molar-refractivity contribution in [1.82, 2.24) is 4.90 Å². The van der Waals surface area contributed by atoms with Crippen LogP contribution >= 0.6 is 11.8 Å². The van der Waals surface area contributed by atoms with Crippen LogP contribution in [-0.2, 0) is 4.79 Å². The van der Waals surface area contributed by atoms with Crippen LogP contribution in [0.3, 0.4) is 0 Å². The van der Waals surface area contributed by atoms with Crippen molar-refractivity contribution in [3.05, 3.63) is 69.8 Å². The summed E-state index contributed by atoms with van der Waals surface area (Å²) in [5.41, 5.74) is 0.601. The highest BCUT2D eigenvalue weighted by molar-refractivity contribution is 8.00. The van der Waals surface area contributed by atoms with E-state index in [2.05, 4.69) is 0 Å². The van der Waals surface area contributed by atoms with Gasteiger partial charge in [-0.3, -0.25) is 14.9 Å². The van der Waals surface area contributed by atoms with Crippen LogP contribution in [-0.4, -0.2) is 28.5 Å². The summed E-state index contributed by atoms with van der Waals surface area (Å²) in [6.45, 7) is 1.76. The minimum atomic E-state index is -0.962. The lowest BCUT2D eigenvalue weighted by Gasteiger charge is -2.25. The molecule has 2 aromatic rings. The Morgan fingerprint density at radius 3 is 2.60 bits per heavy atom. The van der Waals surface area contributed by atoms with Crippen molar-refractivity contribution in [3.63, 3.8) is 0 Å². The van der Waals surface area contributed by atoms with Gasteiger partial charge in [-0.2, -0.15) is 0 Å². The van der Waals surface area contributed by atoms with E-state index in [9.17, 15) is 23.7 Å². The molecule has 1 atom stereocenters. The Bertz CT molecular complexity index is 801. The van der Waals surface area contributed by atoms with Crippen molar-refractivity contribution in [1.29, 1.82) is 0 Å². The van der Waals surface area contributed by atoms with Gasteiger partial charge in [0.1, 0.15) is 0 Å². The van der Waals surface area contributed by atoms with Crippen molar-refractivity contribution in [2.45, 2.75) is 17.9 Å². The number of non-ortho nitro benzene ring substituents is 1. The van der Waals surface area contributed by atoms with Gasteiger partial charge >= 0.3 is 0 Å². The van der Waals surface area contributed by atoms with Crippen molar-refractivity contribution in [3.8, 4) is 0 Å². The average Bonchev–Trinajstić information content (AvgIpc) is 2.61. The topological polar surface area (TPSA) is 63.5 Å². The lowest BCUT2D eigenvalue weighted by Crippen LogP contribution is -2.31. The molecule has 0 aliphatic rings. The number of hydrogen-bond donors (Lipinski definition) is 0. The Balaban J connectivity index is 2.02. The number of carbonyl (C=O) groups excluding carboxylic acids is 1. The standard InChI is InChI=1S/C17H16F2N2O3S/c1-11(12-4-3-5-13(8-12)21(23)24)20(2)17(22)10-25-14-6-7-15(18)16(19)9-14/h3-9,11H,10H2,1-2H3. The Morgan fingerprint density at radius 2 is 1.96 bits per heavy atom. The molecule has 0 fully saturated rings. The average molecular weight is 366 g/mol. The summed E-state index contributed by atoms with van der Waals surface area (Å²) in [7, 11) is 1.59. The van der Waals surface area contributed by atoms with Crippen LogP contribution in [0.4, 0.5) is 14.5 Å². The summed E-state index contributed by atoms with van der Waals surface area (Å²) >= 11 is 1.09. The van der Waals surface area contributed by atoms with Crippen LogP contribution < -0.4 is 0 Å². The number of nitrogens with zero attached hydrogens (tertiary/aromatic N) is 2. The van der Waals surface area contributed by atoms with Crippen LogP contribution in [0.15, 0.2) is 47.4 Å². The molecule has 5 nitrogen and oxygen atoms in total. The zero-order valence-corrected chi connectivity index (χ0v) is 14.4. The zero-order valence-electron chi connectivity index (χ0n) is 13.6. The summed E-state index contributed by atoms with van der Waals surface area (Å²) in [6.07, 6.45) is 0. The van der Waals surface area contributed by atoms with Gasteiger partial charge in [-0.25, -0.2) is 8.78 Å². The summed E-state index contributed by atoms with van der Waals surface area (Å²) in [5, 5.41) is 10.9. The maximum absolute atomic E-state index is 13.2. The van der Waals surface area contributed by atoms with Crippen LogP contribution in [0, 0.1) is 21.7 Å². The van der Waals surface area contributed by atoms with Gasteiger partial charge in [-0.15, -0.1) is 11.8 Å². The van der Waals surface area contributed by atoms with E-state index in [0.717, 1.165) is 23.9 Å². The van der Waals surface area contributed by atoms with Gasteiger partial charge < -0.3 is 4.90 Å². The minimum absolute atomic E-state index is 0.0404. The third kappa shape index (κ3) is 4.76. The van der Waals surface area contributed by atoms with E-state index in [1.807, 2.05) is 0 Å². The van der Waals surface area contributed by atoms with E-state index in [1.165, 1.54) is 23.1 Å². The van der Waals surface area contributed by atoms with E-state index in [-0.39, 0.29) is 23.4 Å². The molecule has 8 heteroatoms. The Kier molecular flexibility index (Phi) is 6.08. The summed E-state index contributed by atoms with van der Waals surface area (Å²) < 4.78 is 26.1. The third-order valence-electron chi connectivity index (χ3n) is 3.79. The molecule has 2 aromatic carbocycles. The molecule has 132 valence electrons. The highest BCUT2D eigenvalue weighted by Crippen LogP contribution is 2.25. The molecule has 0 aliphatic carbocycles. The molecule has 1 amide bonds. The van der Waals surface area contributed by atoms with E-state index >= 15 is 0 Å². The van der Waals surface area contributed by atoms with E-state index in [0.29, 0.717) is 10.5 Å². The lowest BCUT2D eigenvalue weighted by atomic mass is 10.1. The highest BCUT2D eigenvalue weighted by Gasteiger charge is 2.19. The predicted molar refractivity (Wildman–Crippen MR) is 91.4 cm³/mol. The highest BCUT2D eigenvalue weighted by atomic mass is 32.2. The van der Waals surface area contributed by atoms with Gasteiger partial charge in [-0.05, 0) is 30.7 Å². The van der Waals surface area contributed by atoms with Gasteiger partial charge in [0, 0.05) is 24.1 Å². The number of carbonyl (C=O) groups is 1. The second kappa shape index (κ2) is 8.06. The van der Waals surface area contributed by atoms with Crippen molar-refractivity contribution < 1.29 is 18.5 Å². The van der Waals surface area contributed by atoms with Gasteiger partial charge in [-0.1, -0.05) is 12.1 Å². The third-order valence-corrected chi connectivity index (χ3v) is 4.77. The van der Waals surface area contributed by atoms with Gasteiger partial charge in [0.2, 0.25) is 5.91 Å². The second-order valence-corrected chi connectivity index (χ2v) is 6.45. The molecule has 0 radical (unpaired) electrons. The van der Waals surface area contributed by atoms with Gasteiger partial charge in [0.05, 0.1) is 16.7 Å². The number of hydrogen-bond acceptors (Lipinski definition) is 4. The summed E-state index contributed by atoms with van der Waals surface area (Å²) in [4.78, 5) is 24.6. The smallest absolute Gasteiger partial charge is 0.269 e. The summed E-state index contributed by atoms with van der Waals surface area (Å²) in [5.74, 6) is -2.09. The fourth-order valence-electron chi connectivity index (χ4n) is 2.15. The van der Waals surface area contributed by atoms with Crippen LogP contribution in [0.25, 0.3) is 0 Å². The molecule has 0 aliphatic heterocycles. The molecule has 2 rings (SSSR count). The second-order valence-electron chi connectivity index (χ2n) is 5.40. The molecule has 0 aromatic heterocycles. The van der Waals surface area contributed by atoms with Crippen molar-refractivity contribution in [2.75, 3.05) is 12.8 Å². The number of amides is 1. The fraction of sp³-hybridized carbons (Fsp3) is 0.235. The number of benzene rings is 2. The molecular formula is C17H16F2N2O3S. The monoisotopic (exact) mass is 366 g/mol. The first-order chi connectivity index (χ1) is 11.8. The largest absolute Gasteiger partial charge is 0.338 e. The molecule has 0 saturated carbocycles. The molecular weight excluding hydrogens is 350 g/mol. The first-order valence-electron chi connectivity index (χ1n) is 7.37. The van der Waals surface area contributed by atoms with Crippen LogP contribution in [0.5, 0.6) is 0 Å². The molecule has 0 spiro atoms. The first-order valence-corrected chi connectivity index (χ1v) is 8.36. The molecule has 25 heavy (non-hydrogen) atoms. The van der Waals surface area contributed by atoms with E-state index in [4.69, 9.17) is 0 Å². The van der Waals surface area contributed by atoms with Gasteiger partial charge in [0.25, 0.3) is 5.69 Å². The molecule has 0 saturated heterocycles. The maximum atomic E-state index is 13.2. The number of nitro groups is 1. The molecule has 0 N–H and O–H groups in total. The Morgan fingerprint density at radius 1 is 1.24 bits per heavy atom. The van der Waals surface area contributed by atoms with E-state index in [1.54, 1.807) is 26.1 Å². The molecule has 1 unspecified atom stereocenters. The number of nitro benzene ring substituents is 1. The van der Waals surface area contributed by atoms with Crippen LogP contribution in [0.1, 0.15) is 18.5 Å². The van der Waals surface area contributed by atoms with Gasteiger partial charge in [0.15, 0.2) is 11.6 Å². The predicted octanol–water partition coefficient (Wildman–Crippen LogP) is 4.18. The minimum Gasteiger partial charge on any atom is -0.338 e. The van der Waals surface area contributed by atoms with E-state index < -0.39 is 16.6 Å². The molecule has 0 heterocycles. The summed E-state index contributed by atoms with van der Waals surface area (Å²) in [6, 6.07) is 9.18. The molecule has 0 bridgehead atoms. The fourth-order valence-corrected chi connectivity index (χ4v) is 3.00. The Hall–Kier alpha value is -2.48. The van der Waals surface area contributed by atoms with Crippen molar-refractivity contribution >= 4 is 23.4 Å². The SMILES string of the molecule is CC(c1cccc([N+](=O)[O-])c1)N(C)C(=O)CSc1ccc(F)c(F)c1. The number of halogens is 2. The maximum Gasteiger partial charge on any atom is 0.269 e. The lowest BCUT2D eigenvalue weighted by molar-refractivity contribution is -0.384. The van der Waals surface area contributed by atoms with Crippen LogP contribution in [0.2, 0.25) is 0 Å².